The van der Waals surface area contributed by atoms with E-state index in [1.54, 1.807) is 12.4 Å². The Morgan fingerprint density at radius 3 is 1.15 bits per heavy atom. The Bertz CT molecular complexity index is 2280. The number of halogens is 7. The van der Waals surface area contributed by atoms with E-state index in [0.29, 0.717) is 5.82 Å². The zero-order chi connectivity index (χ0) is 43.5. The molecule has 0 fully saturated rings. The van der Waals surface area contributed by atoms with Crippen molar-refractivity contribution in [2.45, 2.75) is 11.2 Å². The number of hydrogen-bond donors (Lipinski definition) is 0. The summed E-state index contributed by atoms with van der Waals surface area (Å²) in [6.45, 7) is 1.94. The van der Waals surface area contributed by atoms with Gasteiger partial charge < -0.3 is 22.0 Å². The van der Waals surface area contributed by atoms with Gasteiger partial charge in [0.15, 0.2) is 21.6 Å². The fourth-order valence-electron chi connectivity index (χ4n) is 6.08. The molecule has 0 bridgehead atoms. The number of hydrogen-bond acceptors (Lipinski definition) is 4. The van der Waals surface area contributed by atoms with Crippen LogP contribution in [0.5, 0.6) is 11.5 Å². The van der Waals surface area contributed by atoms with Crippen LogP contribution in [0, 0.1) is 6.92 Å². The van der Waals surface area contributed by atoms with Crippen LogP contribution < -0.4 is 36.6 Å². The number of aromatic nitrogens is 3. The SMILES string of the molecule is Cc1ccnc(-c2ccccn2)n1.ClC(Cl)Cl.F[B-](F)(F)F.[Cu+].c1ccc([PH+](c2ccccc2)c2ccccc2Oc2ccccc2[PH+](c2ccccc2)c2ccccc2)cc1. The van der Waals surface area contributed by atoms with Crippen LogP contribution in [0.25, 0.3) is 11.5 Å². The van der Waals surface area contributed by atoms with Gasteiger partial charge in [-0.2, -0.15) is 0 Å². The van der Waals surface area contributed by atoms with Crippen LogP contribution in [-0.4, -0.2) is 26.5 Å². The second-order valence-corrected chi connectivity index (χ2v) is 19.7. The normalized spacial score (nSPS) is 10.6. The average molecular weight is 982 g/mol. The molecular weight excluding hydrogens is 941 g/mol. The molecule has 0 atom stereocenters. The first-order valence-electron chi connectivity index (χ1n) is 18.8. The van der Waals surface area contributed by atoms with E-state index in [9.17, 15) is 17.3 Å². The molecule has 8 aromatic rings. The van der Waals surface area contributed by atoms with Gasteiger partial charge in [-0.3, -0.25) is 4.98 Å². The summed E-state index contributed by atoms with van der Waals surface area (Å²) in [5.41, 5.74) is 1.77. The minimum Gasteiger partial charge on any atom is -0.449 e. The van der Waals surface area contributed by atoms with E-state index in [1.165, 1.54) is 31.8 Å². The number of rotatable bonds is 9. The van der Waals surface area contributed by atoms with E-state index >= 15 is 0 Å². The van der Waals surface area contributed by atoms with Crippen LogP contribution in [0.15, 0.2) is 207 Å². The minimum absolute atomic E-state index is 0. The van der Waals surface area contributed by atoms with E-state index in [0.717, 1.165) is 22.9 Å². The molecule has 0 saturated heterocycles. The van der Waals surface area contributed by atoms with Gasteiger partial charge in [0.1, 0.15) is 53.4 Å². The van der Waals surface area contributed by atoms with Crippen molar-refractivity contribution in [1.82, 2.24) is 15.0 Å². The van der Waals surface area contributed by atoms with Gasteiger partial charge in [-0.25, -0.2) is 9.97 Å². The topological polar surface area (TPSA) is 47.9 Å². The molecule has 4 nitrogen and oxygen atoms in total. The molecular formula is C47H40BCl3CuF4N3OP2+2. The smallest absolute Gasteiger partial charge is 0.449 e. The summed E-state index contributed by atoms with van der Waals surface area (Å²) in [7, 11) is -8.56. The second kappa shape index (κ2) is 26.1. The molecule has 0 aliphatic carbocycles. The Morgan fingerprint density at radius 2 is 0.806 bits per heavy atom. The standard InChI is InChI=1S/C36H28OP2.C10H9N3.CHCl3.BF4.Cu/c1-5-17-29(18-6-1)38(30-19-7-2-8-20-30)35-27-15-13-25-33(35)37-34-26-14-16-28-36(34)39(31-21-9-3-10-22-31)32-23-11-4-12-24-32;1-8-5-7-12-10(13-8)9-4-2-3-6-11-9;2-1(3)4;2-1(3,4)5;/h1-28H;2-7H,1H3;1H;;/q;;;-1;+1/p+2. The Hall–Kier alpha value is -4.62. The number of benzene rings is 6. The Labute approximate surface area is 387 Å². The molecule has 0 aliphatic heterocycles. The second-order valence-electron chi connectivity index (χ2n) is 12.8. The van der Waals surface area contributed by atoms with Crippen molar-refractivity contribution in [3.63, 3.8) is 0 Å². The maximum atomic E-state index is 9.75. The largest absolute Gasteiger partial charge is 1.00 e. The summed E-state index contributed by atoms with van der Waals surface area (Å²) in [6.07, 6.45) is 3.48. The number of pyridine rings is 1. The number of aryl methyl sites for hydroxylation is 1. The van der Waals surface area contributed by atoms with Gasteiger partial charge in [0.25, 0.3) is 0 Å². The van der Waals surface area contributed by atoms with Crippen molar-refractivity contribution in [2.24, 2.45) is 0 Å². The zero-order valence-corrected chi connectivity index (χ0v) is 38.2. The summed E-state index contributed by atoms with van der Waals surface area (Å²) in [4.78, 5) is 12.6. The van der Waals surface area contributed by atoms with Crippen molar-refractivity contribution in [3.8, 4) is 23.0 Å². The number of nitrogens with zero attached hydrogens (tertiary/aromatic N) is 3. The van der Waals surface area contributed by atoms with Crippen LogP contribution in [0.2, 0.25) is 0 Å². The van der Waals surface area contributed by atoms with Gasteiger partial charge in [0.2, 0.25) is 0 Å². The first kappa shape index (κ1) is 50.0. The molecule has 0 N–H and O–H groups in total. The number of alkyl halides is 3. The summed E-state index contributed by atoms with van der Waals surface area (Å²) in [5.74, 6) is 2.53. The molecule has 0 amide bonds. The third kappa shape index (κ3) is 16.6. The molecule has 0 unspecified atom stereocenters. The molecule has 2 aromatic heterocycles. The van der Waals surface area contributed by atoms with Crippen LogP contribution in [-0.2, 0) is 17.1 Å². The summed E-state index contributed by atoms with van der Waals surface area (Å²) >= 11 is 14.4. The molecule has 0 radical (unpaired) electrons. The van der Waals surface area contributed by atoms with Crippen LogP contribution >= 0.6 is 50.6 Å². The first-order chi connectivity index (χ1) is 29.5. The third-order valence-electron chi connectivity index (χ3n) is 8.47. The van der Waals surface area contributed by atoms with E-state index in [4.69, 9.17) is 39.5 Å². The zero-order valence-electron chi connectivity index (χ0n) is 33.0. The Morgan fingerprint density at radius 1 is 0.468 bits per heavy atom. The van der Waals surface area contributed by atoms with E-state index < -0.39 is 27.4 Å². The van der Waals surface area contributed by atoms with Gasteiger partial charge in [-0.05, 0) is 97.9 Å². The molecule has 0 aliphatic rings. The van der Waals surface area contributed by atoms with Crippen molar-refractivity contribution < 1.29 is 39.1 Å². The van der Waals surface area contributed by atoms with Gasteiger partial charge >= 0.3 is 24.3 Å². The van der Waals surface area contributed by atoms with Crippen LogP contribution in [0.4, 0.5) is 17.3 Å². The predicted molar refractivity (Wildman–Crippen MR) is 255 cm³/mol. The Balaban J connectivity index is 0.000000302. The minimum atomic E-state index is -6.00. The fraction of sp³-hybridized carbons (Fsp3) is 0.0426. The van der Waals surface area contributed by atoms with Crippen molar-refractivity contribution in [1.29, 1.82) is 0 Å². The molecule has 15 heteroatoms. The maximum absolute atomic E-state index is 9.75. The molecule has 8 rings (SSSR count). The summed E-state index contributed by atoms with van der Waals surface area (Å²) in [5, 5.41) is 7.88. The van der Waals surface area contributed by atoms with E-state index in [1.807, 2.05) is 31.2 Å². The van der Waals surface area contributed by atoms with Crippen LogP contribution in [0.3, 0.4) is 0 Å². The molecule has 320 valence electrons. The van der Waals surface area contributed by atoms with Crippen molar-refractivity contribution >= 4 is 89.7 Å². The molecule has 6 aromatic carbocycles. The van der Waals surface area contributed by atoms with Crippen molar-refractivity contribution in [3.05, 3.63) is 212 Å². The summed E-state index contributed by atoms with van der Waals surface area (Å²) < 4.78 is 45.2. The van der Waals surface area contributed by atoms with E-state index in [-0.39, 0.29) is 17.1 Å². The predicted octanol–water partition coefficient (Wildman–Crippen LogP) is 11.6. The maximum Gasteiger partial charge on any atom is 1.00 e. The van der Waals surface area contributed by atoms with Gasteiger partial charge in [-0.15, -0.1) is 0 Å². The average Bonchev–Trinajstić information content (AvgIpc) is 3.26. The molecule has 0 saturated carbocycles. The molecule has 2 heterocycles. The van der Waals surface area contributed by atoms with Gasteiger partial charge in [0, 0.05) is 18.1 Å². The monoisotopic (exact) mass is 979 g/mol. The number of ether oxygens (including phenoxy) is 1. The molecule has 0 spiro atoms. The first-order valence-corrected chi connectivity index (χ1v) is 23.1. The van der Waals surface area contributed by atoms with Gasteiger partial charge in [0.05, 0.1) is 0 Å². The van der Waals surface area contributed by atoms with E-state index in [2.05, 4.69) is 185 Å². The fourth-order valence-corrected chi connectivity index (χ4v) is 11.4. The quantitative estimate of drug-likeness (QED) is 0.0626. The third-order valence-corrected chi connectivity index (χ3v) is 14.0. The Kier molecular flexibility index (Phi) is 21.1. The summed E-state index contributed by atoms with van der Waals surface area (Å²) in [6, 6.07) is 68.1. The molecule has 62 heavy (non-hydrogen) atoms. The van der Waals surface area contributed by atoms with Crippen LogP contribution in [0.1, 0.15) is 5.69 Å². The number of para-hydroxylation sites is 2. The van der Waals surface area contributed by atoms with Gasteiger partial charge in [-0.1, -0.05) is 138 Å². The van der Waals surface area contributed by atoms with Crippen molar-refractivity contribution in [2.75, 3.05) is 0 Å².